The largest absolute Gasteiger partial charge is 0.307 e. The summed E-state index contributed by atoms with van der Waals surface area (Å²) in [7, 11) is 0. The molecule has 2 rings (SSSR count). The number of rotatable bonds is 3. The average Bonchev–Trinajstić information content (AvgIpc) is 2.76. The van der Waals surface area contributed by atoms with Gasteiger partial charge in [0.1, 0.15) is 5.82 Å². The molecule has 0 fully saturated rings. The van der Waals surface area contributed by atoms with Crippen LogP contribution in [-0.4, -0.2) is 14.8 Å². The number of aromatic nitrogens is 3. The van der Waals surface area contributed by atoms with E-state index < -0.39 is 0 Å². The van der Waals surface area contributed by atoms with Crippen molar-refractivity contribution >= 4 is 11.6 Å². The lowest BCUT2D eigenvalue weighted by Crippen LogP contribution is -2.07. The number of aryl methyl sites for hydroxylation is 2. The van der Waals surface area contributed by atoms with Crippen molar-refractivity contribution in [1.82, 2.24) is 14.8 Å². The Hall–Kier alpha value is -1.35. The predicted octanol–water partition coefficient (Wildman–Crippen LogP) is 3.88. The van der Waals surface area contributed by atoms with Crippen molar-refractivity contribution in [2.24, 2.45) is 0 Å². The highest BCUT2D eigenvalue weighted by Gasteiger charge is 2.15. The molecule has 18 heavy (non-hydrogen) atoms. The summed E-state index contributed by atoms with van der Waals surface area (Å²) < 4.78 is 2.09. The number of halogens is 1. The lowest BCUT2D eigenvalue weighted by Gasteiger charge is -2.13. The minimum Gasteiger partial charge on any atom is -0.307 e. The monoisotopic (exact) mass is 263 g/mol. The van der Waals surface area contributed by atoms with Crippen LogP contribution in [0.25, 0.3) is 11.4 Å². The van der Waals surface area contributed by atoms with Crippen LogP contribution in [-0.2, 0) is 5.88 Å². The molecule has 96 valence electrons. The Balaban J connectivity index is 2.56. The maximum Gasteiger partial charge on any atom is 0.164 e. The van der Waals surface area contributed by atoms with E-state index in [0.29, 0.717) is 11.9 Å². The average molecular weight is 264 g/mol. The van der Waals surface area contributed by atoms with E-state index in [1.54, 1.807) is 0 Å². The van der Waals surface area contributed by atoms with Crippen LogP contribution in [0.3, 0.4) is 0 Å². The van der Waals surface area contributed by atoms with E-state index in [4.69, 9.17) is 11.6 Å². The predicted molar refractivity (Wildman–Crippen MR) is 74.9 cm³/mol. The zero-order valence-electron chi connectivity index (χ0n) is 11.2. The molecule has 0 radical (unpaired) electrons. The van der Waals surface area contributed by atoms with Gasteiger partial charge in [0.2, 0.25) is 0 Å². The van der Waals surface area contributed by atoms with Gasteiger partial charge in [-0.05, 0) is 44.9 Å². The zero-order valence-corrected chi connectivity index (χ0v) is 12.0. The van der Waals surface area contributed by atoms with Crippen LogP contribution >= 0.6 is 11.6 Å². The lowest BCUT2D eigenvalue weighted by molar-refractivity contribution is 0.585. The molecule has 0 spiro atoms. The fraction of sp³-hybridized carbons (Fsp3) is 0.429. The van der Waals surface area contributed by atoms with Crippen molar-refractivity contribution in [1.29, 1.82) is 0 Å². The first-order valence-electron chi connectivity index (χ1n) is 6.12. The van der Waals surface area contributed by atoms with E-state index in [9.17, 15) is 0 Å². The highest BCUT2D eigenvalue weighted by Crippen LogP contribution is 2.24. The van der Waals surface area contributed by atoms with Crippen LogP contribution in [0, 0.1) is 13.8 Å². The summed E-state index contributed by atoms with van der Waals surface area (Å²) in [5.74, 6) is 2.10. The van der Waals surface area contributed by atoms with Crippen LogP contribution in [0.2, 0.25) is 0 Å². The Morgan fingerprint density at radius 2 is 1.89 bits per heavy atom. The van der Waals surface area contributed by atoms with E-state index in [1.807, 2.05) is 0 Å². The van der Waals surface area contributed by atoms with Crippen molar-refractivity contribution in [3.8, 4) is 11.4 Å². The van der Waals surface area contributed by atoms with Gasteiger partial charge < -0.3 is 4.57 Å². The van der Waals surface area contributed by atoms with Gasteiger partial charge in [-0.3, -0.25) is 0 Å². The normalized spacial score (nSPS) is 11.2. The van der Waals surface area contributed by atoms with Crippen molar-refractivity contribution < 1.29 is 0 Å². The highest BCUT2D eigenvalue weighted by atomic mass is 35.5. The SMILES string of the molecule is Cc1ccc(-c2nnc(CCl)n2C(C)C)cc1C. The quantitative estimate of drug-likeness (QED) is 0.787. The first-order chi connectivity index (χ1) is 8.54. The molecule has 0 aliphatic heterocycles. The molecule has 4 heteroatoms. The van der Waals surface area contributed by atoms with Gasteiger partial charge in [-0.2, -0.15) is 0 Å². The number of hydrogen-bond acceptors (Lipinski definition) is 2. The Kier molecular flexibility index (Phi) is 3.71. The van der Waals surface area contributed by atoms with Crippen LogP contribution < -0.4 is 0 Å². The summed E-state index contributed by atoms with van der Waals surface area (Å²) in [6, 6.07) is 6.65. The minimum atomic E-state index is 0.297. The van der Waals surface area contributed by atoms with Gasteiger partial charge in [0.05, 0.1) is 5.88 Å². The molecule has 3 nitrogen and oxygen atoms in total. The molecular weight excluding hydrogens is 246 g/mol. The maximum absolute atomic E-state index is 5.91. The van der Waals surface area contributed by atoms with Gasteiger partial charge in [0.15, 0.2) is 5.82 Å². The third kappa shape index (κ3) is 2.27. The molecule has 0 amide bonds. The zero-order chi connectivity index (χ0) is 13.3. The number of alkyl halides is 1. The van der Waals surface area contributed by atoms with Gasteiger partial charge in [-0.25, -0.2) is 0 Å². The van der Waals surface area contributed by atoms with E-state index in [0.717, 1.165) is 17.2 Å². The number of hydrogen-bond donors (Lipinski definition) is 0. The second-order valence-corrected chi connectivity index (χ2v) is 5.10. The van der Waals surface area contributed by atoms with Gasteiger partial charge >= 0.3 is 0 Å². The van der Waals surface area contributed by atoms with E-state index in [2.05, 4.69) is 60.7 Å². The Morgan fingerprint density at radius 1 is 1.17 bits per heavy atom. The number of nitrogens with zero attached hydrogens (tertiary/aromatic N) is 3. The molecular formula is C14H18ClN3. The molecule has 0 atom stereocenters. The second-order valence-electron chi connectivity index (χ2n) is 4.84. The third-order valence-electron chi connectivity index (χ3n) is 3.17. The van der Waals surface area contributed by atoms with Gasteiger partial charge in [0, 0.05) is 11.6 Å². The van der Waals surface area contributed by atoms with Gasteiger partial charge in [-0.1, -0.05) is 12.1 Å². The summed E-state index contributed by atoms with van der Waals surface area (Å²) in [4.78, 5) is 0. The molecule has 0 aliphatic rings. The van der Waals surface area contributed by atoms with Crippen LogP contribution in [0.1, 0.15) is 36.8 Å². The molecule has 2 aromatic rings. The fourth-order valence-electron chi connectivity index (χ4n) is 2.03. The molecule has 0 bridgehead atoms. The summed E-state index contributed by atoms with van der Waals surface area (Å²) in [5.41, 5.74) is 3.64. The molecule has 1 aromatic carbocycles. The van der Waals surface area contributed by atoms with Crippen molar-refractivity contribution in [3.05, 3.63) is 35.2 Å². The van der Waals surface area contributed by atoms with Crippen molar-refractivity contribution in [2.45, 2.75) is 39.6 Å². The van der Waals surface area contributed by atoms with E-state index in [-0.39, 0.29) is 0 Å². The van der Waals surface area contributed by atoms with Crippen molar-refractivity contribution in [3.63, 3.8) is 0 Å². The second kappa shape index (κ2) is 5.11. The third-order valence-corrected chi connectivity index (χ3v) is 3.41. The molecule has 0 N–H and O–H groups in total. The van der Waals surface area contributed by atoms with Crippen LogP contribution in [0.5, 0.6) is 0 Å². The highest BCUT2D eigenvalue weighted by molar-refractivity contribution is 6.16. The molecule has 1 heterocycles. The van der Waals surface area contributed by atoms with Crippen molar-refractivity contribution in [2.75, 3.05) is 0 Å². The Morgan fingerprint density at radius 3 is 2.44 bits per heavy atom. The first kappa shape index (κ1) is 13.1. The standard InChI is InChI=1S/C14H18ClN3/c1-9(2)18-13(8-15)16-17-14(18)12-6-5-10(3)11(4)7-12/h5-7,9H,8H2,1-4H3. The summed E-state index contributed by atoms with van der Waals surface area (Å²) in [5, 5.41) is 8.44. The fourth-order valence-corrected chi connectivity index (χ4v) is 2.22. The summed E-state index contributed by atoms with van der Waals surface area (Å²) >= 11 is 5.91. The maximum atomic E-state index is 5.91. The van der Waals surface area contributed by atoms with E-state index in [1.165, 1.54) is 11.1 Å². The summed E-state index contributed by atoms with van der Waals surface area (Å²) in [6.07, 6.45) is 0. The Labute approximate surface area is 113 Å². The Bertz CT molecular complexity index is 558. The van der Waals surface area contributed by atoms with Gasteiger partial charge in [0.25, 0.3) is 0 Å². The molecule has 0 aliphatic carbocycles. The molecule has 0 saturated carbocycles. The van der Waals surface area contributed by atoms with Crippen LogP contribution in [0.4, 0.5) is 0 Å². The molecule has 0 saturated heterocycles. The molecule has 1 aromatic heterocycles. The minimum absolute atomic E-state index is 0.297. The molecule has 0 unspecified atom stereocenters. The lowest BCUT2D eigenvalue weighted by atomic mass is 10.1. The van der Waals surface area contributed by atoms with E-state index >= 15 is 0 Å². The smallest absolute Gasteiger partial charge is 0.164 e. The number of benzene rings is 1. The summed E-state index contributed by atoms with van der Waals surface area (Å²) in [6.45, 7) is 8.45. The van der Waals surface area contributed by atoms with Crippen LogP contribution in [0.15, 0.2) is 18.2 Å². The topological polar surface area (TPSA) is 30.7 Å². The first-order valence-corrected chi connectivity index (χ1v) is 6.65. The van der Waals surface area contributed by atoms with Gasteiger partial charge in [-0.15, -0.1) is 21.8 Å².